The number of rotatable bonds is 3. The Hall–Kier alpha value is -1.49. The van der Waals surface area contributed by atoms with E-state index in [0.717, 1.165) is 32.9 Å². The molecule has 102 valence electrons. The Morgan fingerprint density at radius 2 is 2.05 bits per heavy atom. The molecule has 2 rings (SSSR count). The first-order valence-corrected chi connectivity index (χ1v) is 6.91. The van der Waals surface area contributed by atoms with Crippen molar-refractivity contribution in [3.05, 3.63) is 28.2 Å². The molecule has 0 atom stereocenters. The smallest absolute Gasteiger partial charge is 0.133 e. The van der Waals surface area contributed by atoms with E-state index in [4.69, 9.17) is 10.5 Å². The predicted molar refractivity (Wildman–Crippen MR) is 81.4 cm³/mol. The SMILES string of the molecule is COc1ccc(-c2nn(C)c(N)c2C(C)C)cc1Br. The van der Waals surface area contributed by atoms with Crippen LogP contribution in [0.1, 0.15) is 25.3 Å². The number of anilines is 1. The summed E-state index contributed by atoms with van der Waals surface area (Å²) in [6.45, 7) is 4.24. The summed E-state index contributed by atoms with van der Waals surface area (Å²) in [6.07, 6.45) is 0. The summed E-state index contributed by atoms with van der Waals surface area (Å²) in [6, 6.07) is 5.93. The Morgan fingerprint density at radius 3 is 2.58 bits per heavy atom. The Bertz CT molecular complexity index is 605. The van der Waals surface area contributed by atoms with Gasteiger partial charge in [-0.3, -0.25) is 4.68 Å². The second kappa shape index (κ2) is 5.25. The fraction of sp³-hybridized carbons (Fsp3) is 0.357. The highest BCUT2D eigenvalue weighted by atomic mass is 79.9. The quantitative estimate of drug-likeness (QED) is 0.939. The van der Waals surface area contributed by atoms with Gasteiger partial charge >= 0.3 is 0 Å². The summed E-state index contributed by atoms with van der Waals surface area (Å²) in [5.41, 5.74) is 9.14. The van der Waals surface area contributed by atoms with Gasteiger partial charge in [-0.1, -0.05) is 13.8 Å². The third kappa shape index (κ3) is 2.47. The Labute approximate surface area is 121 Å². The number of ether oxygens (including phenoxy) is 1. The van der Waals surface area contributed by atoms with Crippen molar-refractivity contribution in [3.63, 3.8) is 0 Å². The van der Waals surface area contributed by atoms with Gasteiger partial charge in [-0.25, -0.2) is 0 Å². The van der Waals surface area contributed by atoms with Crippen molar-refractivity contribution in [1.29, 1.82) is 0 Å². The minimum Gasteiger partial charge on any atom is -0.496 e. The second-order valence-corrected chi connectivity index (χ2v) is 5.63. The molecule has 2 N–H and O–H groups in total. The van der Waals surface area contributed by atoms with E-state index in [-0.39, 0.29) is 0 Å². The van der Waals surface area contributed by atoms with Crippen LogP contribution in [0.3, 0.4) is 0 Å². The molecule has 1 aromatic carbocycles. The number of halogens is 1. The van der Waals surface area contributed by atoms with Crippen LogP contribution in [0, 0.1) is 0 Å². The van der Waals surface area contributed by atoms with Crippen LogP contribution in [-0.2, 0) is 7.05 Å². The molecule has 0 spiro atoms. The summed E-state index contributed by atoms with van der Waals surface area (Å²) in [5, 5.41) is 4.53. The van der Waals surface area contributed by atoms with Crippen LogP contribution in [0.15, 0.2) is 22.7 Å². The lowest BCUT2D eigenvalue weighted by Gasteiger charge is -2.09. The van der Waals surface area contributed by atoms with Crippen LogP contribution in [0.2, 0.25) is 0 Å². The van der Waals surface area contributed by atoms with Crippen LogP contribution in [-0.4, -0.2) is 16.9 Å². The molecule has 4 nitrogen and oxygen atoms in total. The molecule has 0 bridgehead atoms. The number of hydrogen-bond acceptors (Lipinski definition) is 3. The third-order valence-electron chi connectivity index (χ3n) is 3.13. The number of nitrogens with zero attached hydrogens (tertiary/aromatic N) is 2. The van der Waals surface area contributed by atoms with Gasteiger partial charge in [0.15, 0.2) is 0 Å². The summed E-state index contributed by atoms with van der Waals surface area (Å²) in [5.74, 6) is 1.85. The third-order valence-corrected chi connectivity index (χ3v) is 3.75. The maximum Gasteiger partial charge on any atom is 0.133 e. The number of nitrogen functional groups attached to an aromatic ring is 1. The summed E-state index contributed by atoms with van der Waals surface area (Å²) >= 11 is 3.50. The van der Waals surface area contributed by atoms with Gasteiger partial charge < -0.3 is 10.5 Å². The van der Waals surface area contributed by atoms with Crippen LogP contribution < -0.4 is 10.5 Å². The summed E-state index contributed by atoms with van der Waals surface area (Å²) in [7, 11) is 3.52. The molecular formula is C14H18BrN3O. The number of hydrogen-bond donors (Lipinski definition) is 1. The Morgan fingerprint density at radius 1 is 1.37 bits per heavy atom. The van der Waals surface area contributed by atoms with Gasteiger partial charge in [-0.05, 0) is 40.0 Å². The average Bonchev–Trinajstić information content (AvgIpc) is 2.66. The van der Waals surface area contributed by atoms with E-state index in [1.54, 1.807) is 11.8 Å². The standard InChI is InChI=1S/C14H18BrN3O/c1-8(2)12-13(17-18(3)14(12)16)9-5-6-11(19-4)10(15)7-9/h5-8H,16H2,1-4H3. The van der Waals surface area contributed by atoms with Crippen molar-refractivity contribution < 1.29 is 4.74 Å². The minimum absolute atomic E-state index is 0.324. The highest BCUT2D eigenvalue weighted by molar-refractivity contribution is 9.10. The Balaban J connectivity index is 2.59. The summed E-state index contributed by atoms with van der Waals surface area (Å²) in [4.78, 5) is 0. The maximum absolute atomic E-state index is 6.10. The van der Waals surface area contributed by atoms with Crippen LogP contribution >= 0.6 is 15.9 Å². The van der Waals surface area contributed by atoms with Gasteiger partial charge in [-0.2, -0.15) is 5.10 Å². The molecule has 2 aromatic rings. The van der Waals surface area contributed by atoms with Crippen molar-refractivity contribution in [1.82, 2.24) is 9.78 Å². The molecule has 19 heavy (non-hydrogen) atoms. The van der Waals surface area contributed by atoms with Gasteiger partial charge in [-0.15, -0.1) is 0 Å². The first-order chi connectivity index (χ1) is 8.95. The summed E-state index contributed by atoms with van der Waals surface area (Å²) < 4.78 is 7.88. The molecule has 1 aromatic heterocycles. The van der Waals surface area contributed by atoms with E-state index in [0.29, 0.717) is 5.92 Å². The molecule has 0 unspecified atom stereocenters. The fourth-order valence-electron chi connectivity index (χ4n) is 2.15. The molecule has 1 heterocycles. The monoisotopic (exact) mass is 323 g/mol. The molecule has 0 aliphatic carbocycles. The molecule has 0 fully saturated rings. The lowest BCUT2D eigenvalue weighted by molar-refractivity contribution is 0.412. The second-order valence-electron chi connectivity index (χ2n) is 4.78. The number of benzene rings is 1. The van der Waals surface area contributed by atoms with E-state index >= 15 is 0 Å². The lowest BCUT2D eigenvalue weighted by atomic mass is 9.98. The first-order valence-electron chi connectivity index (χ1n) is 6.12. The largest absolute Gasteiger partial charge is 0.496 e. The number of aryl methyl sites for hydroxylation is 1. The van der Waals surface area contributed by atoms with Crippen molar-refractivity contribution in [2.75, 3.05) is 12.8 Å². The van der Waals surface area contributed by atoms with Gasteiger partial charge in [0.05, 0.1) is 17.3 Å². The molecule has 5 heteroatoms. The van der Waals surface area contributed by atoms with Crippen molar-refractivity contribution >= 4 is 21.7 Å². The van der Waals surface area contributed by atoms with Gasteiger partial charge in [0, 0.05) is 18.2 Å². The Kier molecular flexibility index (Phi) is 3.85. The van der Waals surface area contributed by atoms with Crippen LogP contribution in [0.5, 0.6) is 5.75 Å². The van der Waals surface area contributed by atoms with E-state index in [1.807, 2.05) is 25.2 Å². The average molecular weight is 324 g/mol. The molecule has 0 aliphatic heterocycles. The predicted octanol–water partition coefficient (Wildman–Crippen LogP) is 3.56. The van der Waals surface area contributed by atoms with Crippen molar-refractivity contribution in [2.45, 2.75) is 19.8 Å². The molecule has 0 saturated carbocycles. The zero-order chi connectivity index (χ0) is 14.2. The van der Waals surface area contributed by atoms with Gasteiger partial charge in [0.2, 0.25) is 0 Å². The molecule has 0 aliphatic rings. The highest BCUT2D eigenvalue weighted by Gasteiger charge is 2.18. The van der Waals surface area contributed by atoms with E-state index < -0.39 is 0 Å². The molecule has 0 saturated heterocycles. The molecule has 0 radical (unpaired) electrons. The highest BCUT2D eigenvalue weighted by Crippen LogP contribution is 2.36. The number of nitrogens with two attached hydrogens (primary N) is 1. The van der Waals surface area contributed by atoms with E-state index in [9.17, 15) is 0 Å². The zero-order valence-corrected chi connectivity index (χ0v) is 13.2. The topological polar surface area (TPSA) is 53.1 Å². The van der Waals surface area contributed by atoms with E-state index in [2.05, 4.69) is 34.9 Å². The zero-order valence-electron chi connectivity index (χ0n) is 11.6. The maximum atomic E-state index is 6.10. The van der Waals surface area contributed by atoms with Crippen molar-refractivity contribution in [3.8, 4) is 17.0 Å². The molecule has 0 amide bonds. The van der Waals surface area contributed by atoms with Gasteiger partial charge in [0.1, 0.15) is 11.6 Å². The van der Waals surface area contributed by atoms with Crippen molar-refractivity contribution in [2.24, 2.45) is 7.05 Å². The van der Waals surface area contributed by atoms with E-state index in [1.165, 1.54) is 0 Å². The normalized spacial score (nSPS) is 11.1. The van der Waals surface area contributed by atoms with Crippen LogP contribution in [0.4, 0.5) is 5.82 Å². The van der Waals surface area contributed by atoms with Crippen LogP contribution in [0.25, 0.3) is 11.3 Å². The first kappa shape index (κ1) is 13.9. The minimum atomic E-state index is 0.324. The lowest BCUT2D eigenvalue weighted by Crippen LogP contribution is -2.00. The number of methoxy groups -OCH3 is 1. The fourth-order valence-corrected chi connectivity index (χ4v) is 2.69. The van der Waals surface area contributed by atoms with Gasteiger partial charge in [0.25, 0.3) is 0 Å². The number of aromatic nitrogens is 2. The molecular weight excluding hydrogens is 306 g/mol.